The summed E-state index contributed by atoms with van der Waals surface area (Å²) in [6, 6.07) is 0. The van der Waals surface area contributed by atoms with Crippen LogP contribution in [0.5, 0.6) is 0 Å². The number of hydrogen-bond acceptors (Lipinski definition) is 6. The second-order valence-electron chi connectivity index (χ2n) is 4.87. The molecule has 0 spiro atoms. The Hall–Kier alpha value is -0.850. The normalized spacial score (nSPS) is 12.0. The van der Waals surface area contributed by atoms with Crippen molar-refractivity contribution in [1.29, 1.82) is 0 Å². The topological polar surface area (TPSA) is 50.7 Å². The summed E-state index contributed by atoms with van der Waals surface area (Å²) in [4.78, 5) is 5.36. The van der Waals surface area contributed by atoms with Crippen LogP contribution in [0.2, 0.25) is 0 Å². The molecule has 0 saturated carbocycles. The van der Waals surface area contributed by atoms with E-state index in [0.29, 0.717) is 0 Å². The van der Waals surface area contributed by atoms with Crippen molar-refractivity contribution in [3.8, 4) is 9.88 Å². The van der Waals surface area contributed by atoms with Crippen LogP contribution in [-0.4, -0.2) is 20.7 Å². The molecule has 6 heteroatoms. The zero-order valence-electron chi connectivity index (χ0n) is 10.4. The Kier molecular flexibility index (Phi) is 3.56. The highest BCUT2D eigenvalue weighted by molar-refractivity contribution is 7.20. The number of hydrogen-bond donors (Lipinski definition) is 1. The van der Waals surface area contributed by atoms with Crippen LogP contribution in [0.1, 0.15) is 31.5 Å². The summed E-state index contributed by atoms with van der Waals surface area (Å²) in [5.41, 5.74) is 2.98. The van der Waals surface area contributed by atoms with Crippen molar-refractivity contribution >= 4 is 22.7 Å². The molecule has 0 aliphatic carbocycles. The first-order valence-corrected chi connectivity index (χ1v) is 7.13. The number of nitrogens with zero attached hydrogens (tertiary/aromatic N) is 3. The van der Waals surface area contributed by atoms with E-state index in [1.165, 1.54) is 0 Å². The van der Waals surface area contributed by atoms with Crippen molar-refractivity contribution < 1.29 is 0 Å². The van der Waals surface area contributed by atoms with E-state index in [2.05, 4.69) is 41.3 Å². The molecule has 2 heterocycles. The van der Waals surface area contributed by atoms with Crippen molar-refractivity contribution in [3.63, 3.8) is 0 Å². The maximum absolute atomic E-state index is 4.23. The van der Waals surface area contributed by atoms with Crippen LogP contribution >= 0.6 is 22.7 Å². The SMILES string of the molecule is Cc1ncsc1-c1nnc(CNC(C)(C)C)s1. The van der Waals surface area contributed by atoms with Crippen molar-refractivity contribution in [2.75, 3.05) is 0 Å². The Morgan fingerprint density at radius 1 is 1.29 bits per heavy atom. The molecule has 2 aromatic heterocycles. The predicted molar refractivity (Wildman–Crippen MR) is 72.3 cm³/mol. The van der Waals surface area contributed by atoms with Crippen molar-refractivity contribution in [1.82, 2.24) is 20.5 Å². The average Bonchev–Trinajstić information content (AvgIpc) is 2.81. The Balaban J connectivity index is 2.09. The van der Waals surface area contributed by atoms with Gasteiger partial charge in [0.15, 0.2) is 5.01 Å². The molecule has 0 aliphatic heterocycles. The number of nitrogens with one attached hydrogen (secondary N) is 1. The first kappa shape index (κ1) is 12.6. The second-order valence-corrected chi connectivity index (χ2v) is 6.79. The molecule has 2 aromatic rings. The van der Waals surface area contributed by atoms with Gasteiger partial charge in [-0.15, -0.1) is 21.5 Å². The number of aromatic nitrogens is 3. The number of thiazole rings is 1. The molecular weight excluding hydrogens is 252 g/mol. The summed E-state index contributed by atoms with van der Waals surface area (Å²) in [5, 5.41) is 13.8. The van der Waals surface area contributed by atoms with Gasteiger partial charge in [-0.3, -0.25) is 0 Å². The van der Waals surface area contributed by atoms with Crippen LogP contribution in [0.3, 0.4) is 0 Å². The van der Waals surface area contributed by atoms with Gasteiger partial charge in [-0.2, -0.15) is 0 Å². The van der Waals surface area contributed by atoms with E-state index in [-0.39, 0.29) is 5.54 Å². The van der Waals surface area contributed by atoms with E-state index in [0.717, 1.165) is 27.1 Å². The Bertz CT molecular complexity index is 496. The third-order valence-electron chi connectivity index (χ3n) is 2.18. The lowest BCUT2D eigenvalue weighted by atomic mass is 10.1. The third-order valence-corrected chi connectivity index (χ3v) is 4.18. The van der Waals surface area contributed by atoms with Crippen LogP contribution in [0.4, 0.5) is 0 Å². The maximum atomic E-state index is 4.23. The molecule has 0 atom stereocenters. The Morgan fingerprint density at radius 3 is 2.65 bits per heavy atom. The van der Waals surface area contributed by atoms with Gasteiger partial charge in [-0.25, -0.2) is 4.98 Å². The number of rotatable bonds is 3. The van der Waals surface area contributed by atoms with Gasteiger partial charge in [0, 0.05) is 5.54 Å². The fourth-order valence-electron chi connectivity index (χ4n) is 1.26. The molecule has 0 bridgehead atoms. The molecular formula is C11H16N4S2. The summed E-state index contributed by atoms with van der Waals surface area (Å²) in [7, 11) is 0. The lowest BCUT2D eigenvalue weighted by Crippen LogP contribution is -2.35. The first-order valence-electron chi connectivity index (χ1n) is 5.43. The molecule has 0 unspecified atom stereocenters. The monoisotopic (exact) mass is 268 g/mol. The van der Waals surface area contributed by atoms with Crippen LogP contribution in [-0.2, 0) is 6.54 Å². The smallest absolute Gasteiger partial charge is 0.159 e. The van der Waals surface area contributed by atoms with Gasteiger partial charge in [-0.05, 0) is 27.7 Å². The van der Waals surface area contributed by atoms with Gasteiger partial charge in [0.05, 0.1) is 22.6 Å². The van der Waals surface area contributed by atoms with Crippen LogP contribution in [0, 0.1) is 6.92 Å². The highest BCUT2D eigenvalue weighted by Gasteiger charge is 2.13. The quantitative estimate of drug-likeness (QED) is 0.930. The zero-order valence-corrected chi connectivity index (χ0v) is 12.1. The van der Waals surface area contributed by atoms with E-state index < -0.39 is 0 Å². The van der Waals surface area contributed by atoms with Crippen LogP contribution in [0.15, 0.2) is 5.51 Å². The van der Waals surface area contributed by atoms with E-state index in [4.69, 9.17) is 0 Å². The highest BCUT2D eigenvalue weighted by Crippen LogP contribution is 2.29. The summed E-state index contributed by atoms with van der Waals surface area (Å²) in [5.74, 6) is 0. The van der Waals surface area contributed by atoms with Crippen molar-refractivity contribution in [3.05, 3.63) is 16.2 Å². The molecule has 92 valence electrons. The molecule has 4 nitrogen and oxygen atoms in total. The van der Waals surface area contributed by atoms with E-state index >= 15 is 0 Å². The fourth-order valence-corrected chi connectivity index (χ4v) is 2.99. The molecule has 0 aliphatic rings. The average molecular weight is 268 g/mol. The third kappa shape index (κ3) is 3.31. The number of aryl methyl sites for hydroxylation is 1. The largest absolute Gasteiger partial charge is 0.306 e. The molecule has 0 radical (unpaired) electrons. The second kappa shape index (κ2) is 4.80. The molecule has 0 amide bonds. The molecule has 1 N–H and O–H groups in total. The summed E-state index contributed by atoms with van der Waals surface area (Å²) in [6.45, 7) is 9.19. The lowest BCUT2D eigenvalue weighted by Gasteiger charge is -2.19. The Morgan fingerprint density at radius 2 is 2.06 bits per heavy atom. The molecule has 0 aromatic carbocycles. The molecule has 0 fully saturated rings. The summed E-state index contributed by atoms with van der Waals surface area (Å²) < 4.78 is 0. The minimum absolute atomic E-state index is 0.103. The highest BCUT2D eigenvalue weighted by atomic mass is 32.1. The zero-order chi connectivity index (χ0) is 12.5. The van der Waals surface area contributed by atoms with Crippen LogP contribution in [0.25, 0.3) is 9.88 Å². The van der Waals surface area contributed by atoms with Crippen molar-refractivity contribution in [2.24, 2.45) is 0 Å². The molecule has 0 saturated heterocycles. The molecule has 17 heavy (non-hydrogen) atoms. The first-order chi connectivity index (χ1) is 7.96. The van der Waals surface area contributed by atoms with Gasteiger partial charge < -0.3 is 5.32 Å². The van der Waals surface area contributed by atoms with E-state index in [9.17, 15) is 0 Å². The summed E-state index contributed by atoms with van der Waals surface area (Å²) >= 11 is 3.25. The lowest BCUT2D eigenvalue weighted by molar-refractivity contribution is 0.423. The standard InChI is InChI=1S/C11H16N4S2/c1-7-9(16-6-12-7)10-15-14-8(17-10)5-13-11(2,3)4/h6,13H,5H2,1-4H3. The van der Waals surface area contributed by atoms with Gasteiger partial charge >= 0.3 is 0 Å². The van der Waals surface area contributed by atoms with Gasteiger partial charge in [0.2, 0.25) is 0 Å². The summed E-state index contributed by atoms with van der Waals surface area (Å²) in [6.07, 6.45) is 0. The van der Waals surface area contributed by atoms with E-state index in [1.807, 2.05) is 12.4 Å². The van der Waals surface area contributed by atoms with Gasteiger partial charge in [-0.1, -0.05) is 11.3 Å². The maximum Gasteiger partial charge on any atom is 0.159 e. The minimum atomic E-state index is 0.103. The van der Waals surface area contributed by atoms with Crippen molar-refractivity contribution in [2.45, 2.75) is 39.8 Å². The van der Waals surface area contributed by atoms with Gasteiger partial charge in [0.1, 0.15) is 5.01 Å². The van der Waals surface area contributed by atoms with E-state index in [1.54, 1.807) is 22.7 Å². The van der Waals surface area contributed by atoms with Gasteiger partial charge in [0.25, 0.3) is 0 Å². The van der Waals surface area contributed by atoms with Crippen LogP contribution < -0.4 is 5.32 Å². The Labute approximate surface area is 109 Å². The predicted octanol–water partition coefficient (Wildman–Crippen LogP) is 2.86. The minimum Gasteiger partial charge on any atom is -0.306 e. The fraction of sp³-hybridized carbons (Fsp3) is 0.545. The molecule has 2 rings (SSSR count).